The van der Waals surface area contributed by atoms with Crippen molar-refractivity contribution in [3.63, 3.8) is 0 Å². The highest BCUT2D eigenvalue weighted by Crippen LogP contribution is 2.22. The minimum atomic E-state index is 0.225. The summed E-state index contributed by atoms with van der Waals surface area (Å²) in [5, 5.41) is 6.95. The summed E-state index contributed by atoms with van der Waals surface area (Å²) in [5.74, 6) is 1.10. The summed E-state index contributed by atoms with van der Waals surface area (Å²) in [6.07, 6.45) is 3.85. The molecule has 0 unspecified atom stereocenters. The highest BCUT2D eigenvalue weighted by Gasteiger charge is 2.22. The number of amides is 1. The van der Waals surface area contributed by atoms with Gasteiger partial charge in [-0.15, -0.1) is 0 Å². The fraction of sp³-hybridized carbons (Fsp3) is 0.680. The molecule has 1 saturated heterocycles. The van der Waals surface area contributed by atoms with Crippen LogP contribution in [0.5, 0.6) is 0 Å². The lowest BCUT2D eigenvalue weighted by molar-refractivity contribution is -0.131. The van der Waals surface area contributed by atoms with Crippen molar-refractivity contribution in [2.45, 2.75) is 71.7 Å². The van der Waals surface area contributed by atoms with Gasteiger partial charge >= 0.3 is 0 Å². The Morgan fingerprint density at radius 1 is 1.19 bits per heavy atom. The summed E-state index contributed by atoms with van der Waals surface area (Å²) in [6.45, 7) is 13.2. The fourth-order valence-corrected chi connectivity index (χ4v) is 4.32. The Bertz CT molecular complexity index is 719. The Morgan fingerprint density at radius 2 is 1.88 bits per heavy atom. The first-order chi connectivity index (χ1) is 15.5. The van der Waals surface area contributed by atoms with Crippen molar-refractivity contribution in [1.29, 1.82) is 0 Å². The van der Waals surface area contributed by atoms with Crippen LogP contribution in [0.15, 0.2) is 29.3 Å². The zero-order chi connectivity index (χ0) is 22.8. The Hall–Kier alpha value is -2.12. The molecule has 178 valence electrons. The van der Waals surface area contributed by atoms with Gasteiger partial charge in [-0.1, -0.05) is 24.3 Å². The number of rotatable bonds is 10. The van der Waals surface area contributed by atoms with E-state index < -0.39 is 0 Å². The molecule has 0 aliphatic carbocycles. The number of guanidine groups is 1. The average Bonchev–Trinajstić information content (AvgIpc) is 3.22. The lowest BCUT2D eigenvalue weighted by atomic mass is 10.1. The second-order valence-electron chi connectivity index (χ2n) is 9.06. The van der Waals surface area contributed by atoms with E-state index in [2.05, 4.69) is 48.4 Å². The Labute approximate surface area is 193 Å². The van der Waals surface area contributed by atoms with Gasteiger partial charge in [0.2, 0.25) is 5.91 Å². The standard InChI is InChI=1S/C25H41N5O2/c1-4-26-25(28-23-11-14-29(15-12-23)16-17-32-20(2)3)27-13-7-10-24(31)30-18-21-8-5-6-9-22(21)19-30/h5-6,8-9,20,23H,4,7,10-19H2,1-3H3,(H2,26,27,28). The number of carbonyl (C=O) groups excluding carboxylic acids is 1. The van der Waals surface area contributed by atoms with Gasteiger partial charge in [-0.25, -0.2) is 0 Å². The second-order valence-corrected chi connectivity index (χ2v) is 9.06. The third kappa shape index (κ3) is 7.78. The zero-order valence-electron chi connectivity index (χ0n) is 20.1. The van der Waals surface area contributed by atoms with Gasteiger partial charge in [0.1, 0.15) is 0 Å². The first-order valence-corrected chi connectivity index (χ1v) is 12.3. The van der Waals surface area contributed by atoms with Crippen LogP contribution in [0.25, 0.3) is 0 Å². The number of nitrogens with one attached hydrogen (secondary N) is 2. The van der Waals surface area contributed by atoms with Crippen molar-refractivity contribution in [3.8, 4) is 0 Å². The molecule has 1 amide bonds. The molecule has 1 aromatic rings. The van der Waals surface area contributed by atoms with Gasteiger partial charge in [0.05, 0.1) is 12.7 Å². The minimum absolute atomic E-state index is 0.225. The second kappa shape index (κ2) is 12.8. The van der Waals surface area contributed by atoms with Gasteiger partial charge in [-0.05, 0) is 51.2 Å². The molecule has 2 N–H and O–H groups in total. The van der Waals surface area contributed by atoms with Crippen molar-refractivity contribution >= 4 is 11.9 Å². The zero-order valence-corrected chi connectivity index (χ0v) is 20.1. The number of nitrogens with zero attached hydrogens (tertiary/aromatic N) is 3. The number of hydrogen-bond acceptors (Lipinski definition) is 4. The number of piperidine rings is 1. The number of aliphatic imine (C=N–C) groups is 1. The summed E-state index contributed by atoms with van der Waals surface area (Å²) in [7, 11) is 0. The monoisotopic (exact) mass is 443 g/mol. The van der Waals surface area contributed by atoms with E-state index in [0.29, 0.717) is 25.1 Å². The van der Waals surface area contributed by atoms with Gasteiger partial charge in [-0.2, -0.15) is 0 Å². The first-order valence-electron chi connectivity index (χ1n) is 12.3. The number of likely N-dealkylation sites (tertiary alicyclic amines) is 1. The molecule has 3 rings (SSSR count). The van der Waals surface area contributed by atoms with Crippen molar-refractivity contribution in [3.05, 3.63) is 35.4 Å². The van der Waals surface area contributed by atoms with Crippen LogP contribution in [0, 0.1) is 0 Å². The molecule has 7 nitrogen and oxygen atoms in total. The van der Waals surface area contributed by atoms with Crippen LogP contribution < -0.4 is 10.6 Å². The molecule has 1 fully saturated rings. The van der Waals surface area contributed by atoms with E-state index in [-0.39, 0.29) is 5.91 Å². The maximum atomic E-state index is 12.6. The normalized spacial score (nSPS) is 17.6. The molecule has 2 heterocycles. The first kappa shape index (κ1) is 24.5. The van der Waals surface area contributed by atoms with E-state index in [0.717, 1.165) is 71.1 Å². The van der Waals surface area contributed by atoms with Crippen LogP contribution in [-0.4, -0.2) is 73.1 Å². The van der Waals surface area contributed by atoms with E-state index in [9.17, 15) is 4.79 Å². The van der Waals surface area contributed by atoms with Crippen LogP contribution >= 0.6 is 0 Å². The van der Waals surface area contributed by atoms with Crippen molar-refractivity contribution in [1.82, 2.24) is 20.4 Å². The molecule has 0 spiro atoms. The molecule has 0 radical (unpaired) electrons. The molecular formula is C25H41N5O2. The lowest BCUT2D eigenvalue weighted by Crippen LogP contribution is -2.49. The third-order valence-electron chi connectivity index (χ3n) is 6.14. The molecule has 7 heteroatoms. The Morgan fingerprint density at radius 3 is 2.50 bits per heavy atom. The smallest absolute Gasteiger partial charge is 0.223 e. The molecule has 0 saturated carbocycles. The number of carbonyl (C=O) groups is 1. The van der Waals surface area contributed by atoms with E-state index in [1.807, 2.05) is 17.0 Å². The van der Waals surface area contributed by atoms with Gasteiger partial charge in [0.25, 0.3) is 0 Å². The molecule has 2 aliphatic rings. The van der Waals surface area contributed by atoms with E-state index in [4.69, 9.17) is 9.73 Å². The van der Waals surface area contributed by atoms with Gasteiger partial charge in [-0.3, -0.25) is 9.79 Å². The molecule has 1 aromatic carbocycles. The van der Waals surface area contributed by atoms with Crippen LogP contribution in [0.4, 0.5) is 0 Å². The third-order valence-corrected chi connectivity index (χ3v) is 6.14. The molecule has 0 bridgehead atoms. The maximum Gasteiger partial charge on any atom is 0.223 e. The Kier molecular flexibility index (Phi) is 9.81. The molecule has 0 aromatic heterocycles. The number of benzene rings is 1. The predicted octanol–water partition coefficient (Wildman–Crippen LogP) is 2.75. The molecule has 0 atom stereocenters. The number of fused-ring (bicyclic) bond motifs is 1. The summed E-state index contributed by atoms with van der Waals surface area (Å²) in [5.41, 5.74) is 2.55. The molecular weight excluding hydrogens is 402 g/mol. The van der Waals surface area contributed by atoms with Gasteiger partial charge in [0, 0.05) is 58.3 Å². The summed E-state index contributed by atoms with van der Waals surface area (Å²) in [6, 6.07) is 8.76. The lowest BCUT2D eigenvalue weighted by Gasteiger charge is -2.33. The highest BCUT2D eigenvalue weighted by atomic mass is 16.5. The SMILES string of the molecule is CCNC(=NCCCC(=O)N1Cc2ccccc2C1)NC1CCN(CCOC(C)C)CC1. The summed E-state index contributed by atoms with van der Waals surface area (Å²) < 4.78 is 5.68. The predicted molar refractivity (Wildman–Crippen MR) is 130 cm³/mol. The van der Waals surface area contributed by atoms with E-state index in [1.54, 1.807) is 0 Å². The number of ether oxygens (including phenoxy) is 1. The van der Waals surface area contributed by atoms with Crippen LogP contribution in [0.3, 0.4) is 0 Å². The van der Waals surface area contributed by atoms with Crippen LogP contribution in [0.1, 0.15) is 57.6 Å². The van der Waals surface area contributed by atoms with Crippen molar-refractivity contribution in [2.75, 3.05) is 39.3 Å². The van der Waals surface area contributed by atoms with Crippen LogP contribution in [0.2, 0.25) is 0 Å². The Balaban J connectivity index is 1.35. The summed E-state index contributed by atoms with van der Waals surface area (Å²) in [4.78, 5) is 21.7. The van der Waals surface area contributed by atoms with E-state index in [1.165, 1.54) is 11.1 Å². The summed E-state index contributed by atoms with van der Waals surface area (Å²) >= 11 is 0. The molecule has 2 aliphatic heterocycles. The average molecular weight is 444 g/mol. The van der Waals surface area contributed by atoms with E-state index >= 15 is 0 Å². The fourth-order valence-electron chi connectivity index (χ4n) is 4.32. The quantitative estimate of drug-likeness (QED) is 0.331. The topological polar surface area (TPSA) is 69.2 Å². The minimum Gasteiger partial charge on any atom is -0.377 e. The molecule has 32 heavy (non-hydrogen) atoms. The van der Waals surface area contributed by atoms with Crippen molar-refractivity contribution < 1.29 is 9.53 Å². The number of hydrogen-bond donors (Lipinski definition) is 2. The van der Waals surface area contributed by atoms with Crippen molar-refractivity contribution in [2.24, 2.45) is 4.99 Å². The van der Waals surface area contributed by atoms with Gasteiger partial charge in [0.15, 0.2) is 5.96 Å². The highest BCUT2D eigenvalue weighted by molar-refractivity contribution is 5.80. The largest absolute Gasteiger partial charge is 0.377 e. The van der Waals surface area contributed by atoms with Crippen LogP contribution in [-0.2, 0) is 22.6 Å². The maximum absolute atomic E-state index is 12.6. The van der Waals surface area contributed by atoms with Gasteiger partial charge < -0.3 is 25.2 Å².